The van der Waals surface area contributed by atoms with Crippen molar-refractivity contribution >= 4 is 15.9 Å². The lowest BCUT2D eigenvalue weighted by Crippen LogP contribution is -2.07. The predicted octanol–water partition coefficient (Wildman–Crippen LogP) is 5.04. The van der Waals surface area contributed by atoms with Gasteiger partial charge in [-0.15, -0.1) is 0 Å². The highest BCUT2D eigenvalue weighted by Crippen LogP contribution is 2.31. The third kappa shape index (κ3) is 3.78. The fourth-order valence-corrected chi connectivity index (χ4v) is 3.22. The highest BCUT2D eigenvalue weighted by atomic mass is 79.9. The molecule has 0 aliphatic heterocycles. The molecule has 5 heteroatoms. The number of hydrogen-bond donors (Lipinski definition) is 0. The minimum absolute atomic E-state index is 0.379. The van der Waals surface area contributed by atoms with Crippen molar-refractivity contribution in [2.45, 2.75) is 30.8 Å². The third-order valence-corrected chi connectivity index (χ3v) is 5.02. The number of rotatable bonds is 7. The minimum Gasteiger partial charge on any atom is -0.497 e. The van der Waals surface area contributed by atoms with Gasteiger partial charge in [-0.05, 0) is 37.1 Å². The zero-order chi connectivity index (χ0) is 17.9. The third-order valence-electron chi connectivity index (χ3n) is 4.44. The van der Waals surface area contributed by atoms with E-state index in [0.717, 1.165) is 52.2 Å². The van der Waals surface area contributed by atoms with Gasteiger partial charge in [-0.3, -0.25) is 4.68 Å². The van der Waals surface area contributed by atoms with E-state index in [2.05, 4.69) is 40.2 Å². The Morgan fingerprint density at radius 2 is 1.96 bits per heavy atom. The molecule has 1 heterocycles. The van der Waals surface area contributed by atoms with Gasteiger partial charge in [0.1, 0.15) is 11.5 Å². The summed E-state index contributed by atoms with van der Waals surface area (Å²) in [7, 11) is 1.69. The van der Waals surface area contributed by atoms with E-state index in [1.165, 1.54) is 0 Å². The Morgan fingerprint density at radius 1 is 1.12 bits per heavy atom. The Labute approximate surface area is 161 Å². The minimum atomic E-state index is 0.379. The van der Waals surface area contributed by atoms with Crippen molar-refractivity contribution in [1.29, 1.82) is 0 Å². The van der Waals surface area contributed by atoms with Gasteiger partial charge in [0.25, 0.3) is 0 Å². The van der Waals surface area contributed by atoms with E-state index in [4.69, 9.17) is 14.6 Å². The zero-order valence-corrected chi connectivity index (χ0v) is 16.3. The first kappa shape index (κ1) is 17.2. The van der Waals surface area contributed by atoms with Gasteiger partial charge in [-0.1, -0.05) is 46.3 Å². The van der Waals surface area contributed by atoms with E-state index in [-0.39, 0.29) is 0 Å². The topological polar surface area (TPSA) is 36.3 Å². The molecule has 2 aromatic carbocycles. The van der Waals surface area contributed by atoms with Crippen molar-refractivity contribution in [2.24, 2.45) is 0 Å². The summed E-state index contributed by atoms with van der Waals surface area (Å²) in [5.74, 6) is 1.80. The van der Waals surface area contributed by atoms with E-state index in [9.17, 15) is 0 Å². The van der Waals surface area contributed by atoms with Crippen molar-refractivity contribution in [3.63, 3.8) is 0 Å². The van der Waals surface area contributed by atoms with Crippen LogP contribution < -0.4 is 9.47 Å². The fraction of sp³-hybridized carbons (Fsp3) is 0.286. The average molecular weight is 413 g/mol. The fourth-order valence-electron chi connectivity index (χ4n) is 2.95. The second-order valence-corrected chi connectivity index (χ2v) is 7.03. The van der Waals surface area contributed by atoms with Crippen molar-refractivity contribution < 1.29 is 9.47 Å². The van der Waals surface area contributed by atoms with E-state index >= 15 is 0 Å². The van der Waals surface area contributed by atoms with E-state index in [1.54, 1.807) is 7.11 Å². The maximum atomic E-state index is 6.07. The predicted molar refractivity (Wildman–Crippen MR) is 106 cm³/mol. The molecule has 4 rings (SSSR count). The molecular formula is C21H21BrN2O2. The SMILES string of the molecule is COc1cccc(-c2cc(CBr)nn2Cc2ccccc2OC2CC2)c1. The average Bonchev–Trinajstić information content (AvgIpc) is 3.40. The van der Waals surface area contributed by atoms with E-state index in [1.807, 2.05) is 35.0 Å². The van der Waals surface area contributed by atoms with Crippen LogP contribution in [0.4, 0.5) is 0 Å². The molecular weight excluding hydrogens is 392 g/mol. The molecule has 0 atom stereocenters. The van der Waals surface area contributed by atoms with Crippen LogP contribution in [0.5, 0.6) is 11.5 Å². The number of benzene rings is 2. The van der Waals surface area contributed by atoms with E-state index < -0.39 is 0 Å². The molecule has 0 N–H and O–H groups in total. The highest BCUT2D eigenvalue weighted by Gasteiger charge is 2.24. The smallest absolute Gasteiger partial charge is 0.124 e. The molecule has 1 saturated carbocycles. The van der Waals surface area contributed by atoms with Crippen LogP contribution in [0.15, 0.2) is 54.6 Å². The molecule has 134 valence electrons. The summed E-state index contributed by atoms with van der Waals surface area (Å²) >= 11 is 3.52. The van der Waals surface area contributed by atoms with Crippen LogP contribution in [-0.2, 0) is 11.9 Å². The molecule has 4 nitrogen and oxygen atoms in total. The van der Waals surface area contributed by atoms with Gasteiger partial charge in [0.15, 0.2) is 0 Å². The number of hydrogen-bond acceptors (Lipinski definition) is 3. The molecule has 1 aliphatic carbocycles. The largest absolute Gasteiger partial charge is 0.497 e. The Hall–Kier alpha value is -2.27. The summed E-state index contributed by atoms with van der Waals surface area (Å²) in [5, 5.41) is 5.48. The molecule has 0 bridgehead atoms. The Balaban J connectivity index is 1.69. The number of para-hydroxylation sites is 1. The summed E-state index contributed by atoms with van der Waals surface area (Å²) in [4.78, 5) is 0. The van der Waals surface area contributed by atoms with Crippen LogP contribution >= 0.6 is 15.9 Å². The Morgan fingerprint density at radius 3 is 2.73 bits per heavy atom. The molecule has 3 aromatic rings. The van der Waals surface area contributed by atoms with Gasteiger partial charge >= 0.3 is 0 Å². The summed E-state index contributed by atoms with van der Waals surface area (Å²) in [6, 6.07) is 18.4. The van der Waals surface area contributed by atoms with Gasteiger partial charge in [0, 0.05) is 16.5 Å². The van der Waals surface area contributed by atoms with Crippen LogP contribution in [0.2, 0.25) is 0 Å². The number of aromatic nitrogens is 2. The zero-order valence-electron chi connectivity index (χ0n) is 14.7. The van der Waals surface area contributed by atoms with E-state index in [0.29, 0.717) is 12.6 Å². The number of methoxy groups -OCH3 is 1. The summed E-state index contributed by atoms with van der Waals surface area (Å²) < 4.78 is 13.5. The van der Waals surface area contributed by atoms with Crippen LogP contribution in [0.1, 0.15) is 24.1 Å². The lowest BCUT2D eigenvalue weighted by atomic mass is 10.1. The molecule has 0 spiro atoms. The lowest BCUT2D eigenvalue weighted by Gasteiger charge is -2.13. The summed E-state index contributed by atoms with van der Waals surface area (Å²) in [5.41, 5.74) is 4.31. The number of nitrogens with zero attached hydrogens (tertiary/aromatic N) is 2. The summed E-state index contributed by atoms with van der Waals surface area (Å²) in [6.07, 6.45) is 2.68. The first-order valence-corrected chi connectivity index (χ1v) is 9.90. The van der Waals surface area contributed by atoms with Gasteiger partial charge in [0.05, 0.1) is 31.1 Å². The Kier molecular flexibility index (Phi) is 4.98. The first-order valence-electron chi connectivity index (χ1n) is 8.78. The molecule has 1 fully saturated rings. The van der Waals surface area contributed by atoms with Crippen molar-refractivity contribution in [1.82, 2.24) is 9.78 Å². The highest BCUT2D eigenvalue weighted by molar-refractivity contribution is 9.08. The van der Waals surface area contributed by atoms with Gasteiger partial charge in [0.2, 0.25) is 0 Å². The molecule has 0 saturated heterocycles. The second-order valence-electron chi connectivity index (χ2n) is 6.47. The maximum Gasteiger partial charge on any atom is 0.124 e. The van der Waals surface area contributed by atoms with Crippen LogP contribution in [-0.4, -0.2) is 23.0 Å². The standard InChI is InChI=1S/C21H21BrN2O2/c1-25-19-7-4-6-15(11-19)20-12-17(13-22)23-24(20)14-16-5-2-3-8-21(16)26-18-9-10-18/h2-8,11-12,18H,9-10,13-14H2,1H3. The number of ether oxygens (including phenoxy) is 2. The quantitative estimate of drug-likeness (QED) is 0.509. The maximum absolute atomic E-state index is 6.07. The molecule has 0 unspecified atom stereocenters. The summed E-state index contributed by atoms with van der Waals surface area (Å²) in [6.45, 7) is 0.669. The Bertz CT molecular complexity index is 903. The molecule has 1 aliphatic rings. The lowest BCUT2D eigenvalue weighted by molar-refractivity contribution is 0.299. The molecule has 26 heavy (non-hydrogen) atoms. The molecule has 0 radical (unpaired) electrons. The van der Waals surface area contributed by atoms with Crippen molar-refractivity contribution in [3.8, 4) is 22.8 Å². The van der Waals surface area contributed by atoms with Gasteiger partial charge in [-0.2, -0.15) is 5.10 Å². The normalized spacial score (nSPS) is 13.6. The number of halogens is 1. The van der Waals surface area contributed by atoms with Gasteiger partial charge in [-0.25, -0.2) is 0 Å². The molecule has 1 aromatic heterocycles. The molecule has 0 amide bonds. The van der Waals surface area contributed by atoms with Crippen molar-refractivity contribution in [3.05, 3.63) is 65.9 Å². The van der Waals surface area contributed by atoms with Crippen LogP contribution in [0.3, 0.4) is 0 Å². The van der Waals surface area contributed by atoms with Gasteiger partial charge < -0.3 is 9.47 Å². The first-order chi connectivity index (χ1) is 12.8. The van der Waals surface area contributed by atoms with Crippen LogP contribution in [0.25, 0.3) is 11.3 Å². The monoisotopic (exact) mass is 412 g/mol. The van der Waals surface area contributed by atoms with Crippen LogP contribution in [0, 0.1) is 0 Å². The number of alkyl halides is 1. The second kappa shape index (κ2) is 7.54. The van der Waals surface area contributed by atoms with Crippen molar-refractivity contribution in [2.75, 3.05) is 7.11 Å².